The Bertz CT molecular complexity index is 44.9. The van der Waals surface area contributed by atoms with E-state index in [2.05, 4.69) is 16.6 Å². The van der Waals surface area contributed by atoms with Crippen molar-refractivity contribution in [3.8, 4) is 0 Å². The van der Waals surface area contributed by atoms with Gasteiger partial charge in [-0.1, -0.05) is 0 Å². The molecule has 0 aliphatic heterocycles. The average molecular weight is 106 g/mol. The molecule has 0 N–H and O–H groups in total. The van der Waals surface area contributed by atoms with Crippen molar-refractivity contribution in [1.29, 1.82) is 0 Å². The quantitative estimate of drug-likeness (QED) is 0.308. The third kappa shape index (κ3) is 4.11. The molecule has 0 aliphatic carbocycles. The fourth-order valence-electron chi connectivity index (χ4n) is 0. The van der Waals surface area contributed by atoms with Gasteiger partial charge in [-0.2, -0.15) is 0 Å². The predicted molar refractivity (Wildman–Crippen MR) is 29.3 cm³/mol. The van der Waals surface area contributed by atoms with Crippen LogP contribution in [0.1, 0.15) is 6.92 Å². The summed E-state index contributed by atoms with van der Waals surface area (Å²) in [5.74, 6) is 0. The highest BCUT2D eigenvalue weighted by Gasteiger charge is 1.68. The lowest BCUT2D eigenvalue weighted by molar-refractivity contribution is 0.626. The van der Waals surface area contributed by atoms with Gasteiger partial charge in [0.1, 0.15) is 5.05 Å². The molecule has 0 unspecified atom stereocenters. The van der Waals surface area contributed by atoms with E-state index in [1.807, 2.05) is 0 Å². The third-order valence-corrected chi connectivity index (χ3v) is 1.36. The molecule has 3 heteroatoms. The lowest BCUT2D eigenvalue weighted by Gasteiger charge is -1.87. The fraction of sp³-hybridized carbons (Fsp3) is 0.500. The van der Waals surface area contributed by atoms with Crippen LogP contribution in [-0.2, 0) is 4.43 Å². The molecule has 0 bridgehead atoms. The van der Waals surface area contributed by atoms with Crippen LogP contribution >= 0.6 is 12.2 Å². The van der Waals surface area contributed by atoms with Crippen molar-refractivity contribution in [1.82, 2.24) is 0 Å². The van der Waals surface area contributed by atoms with Crippen LogP contribution in [0.25, 0.3) is 0 Å². The molecule has 0 fully saturated rings. The summed E-state index contributed by atoms with van der Waals surface area (Å²) in [6.45, 7) is 1.77. The van der Waals surface area contributed by atoms with E-state index in [4.69, 9.17) is 0 Å². The Hall–Kier alpha value is 0.107. The van der Waals surface area contributed by atoms with E-state index in [9.17, 15) is 0 Å². The maximum absolute atomic E-state index is 4.62. The molecular formula is C2H6OSSi. The minimum atomic E-state index is 0.650. The highest BCUT2D eigenvalue weighted by Crippen LogP contribution is 1.67. The van der Waals surface area contributed by atoms with Crippen molar-refractivity contribution in [3.05, 3.63) is 0 Å². The molecule has 0 amide bonds. The maximum atomic E-state index is 4.62. The first-order chi connectivity index (χ1) is 2.27. The van der Waals surface area contributed by atoms with Gasteiger partial charge in [0.05, 0.1) is 0 Å². The lowest BCUT2D eigenvalue weighted by atomic mass is 10.9. The van der Waals surface area contributed by atoms with Crippen molar-refractivity contribution >= 4 is 27.8 Å². The van der Waals surface area contributed by atoms with Crippen LogP contribution in [0.3, 0.4) is 0 Å². The second kappa shape index (κ2) is 2.35. The van der Waals surface area contributed by atoms with Crippen molar-refractivity contribution in [2.45, 2.75) is 6.92 Å². The highest BCUT2D eigenvalue weighted by atomic mass is 32.1. The van der Waals surface area contributed by atoms with Crippen LogP contribution in [0, 0.1) is 0 Å². The number of rotatable bonds is 0. The van der Waals surface area contributed by atoms with E-state index < -0.39 is 0 Å². The van der Waals surface area contributed by atoms with Gasteiger partial charge < -0.3 is 4.43 Å². The fourth-order valence-corrected chi connectivity index (χ4v) is 0. The molecule has 0 aliphatic rings. The van der Waals surface area contributed by atoms with Crippen molar-refractivity contribution < 1.29 is 4.43 Å². The van der Waals surface area contributed by atoms with Gasteiger partial charge in [0.25, 0.3) is 0 Å². The van der Waals surface area contributed by atoms with Gasteiger partial charge >= 0.3 is 0 Å². The van der Waals surface area contributed by atoms with E-state index in [-0.39, 0.29) is 0 Å². The van der Waals surface area contributed by atoms with Gasteiger partial charge in [0.15, 0.2) is 0 Å². The largest absolute Gasteiger partial charge is 0.549 e. The van der Waals surface area contributed by atoms with Gasteiger partial charge in [-0.05, 0) is 12.2 Å². The van der Waals surface area contributed by atoms with Crippen LogP contribution in [0.5, 0.6) is 0 Å². The first-order valence-corrected chi connectivity index (χ1v) is 2.54. The molecule has 30 valence electrons. The summed E-state index contributed by atoms with van der Waals surface area (Å²) < 4.78 is 4.62. The molecule has 0 rings (SSSR count). The van der Waals surface area contributed by atoms with E-state index in [1.54, 1.807) is 6.92 Å². The Kier molecular flexibility index (Phi) is 2.40. The molecule has 5 heavy (non-hydrogen) atoms. The van der Waals surface area contributed by atoms with Crippen LogP contribution in [0.4, 0.5) is 0 Å². The summed E-state index contributed by atoms with van der Waals surface area (Å²) >= 11 is 4.51. The number of hydrogen-bond acceptors (Lipinski definition) is 2. The Balaban J connectivity index is 2.85. The predicted octanol–water partition coefficient (Wildman–Crippen LogP) is -0.369. The standard InChI is InChI=1S/C2H6OSSi/c1-2(4)3-5/h1,5H3. The smallest absolute Gasteiger partial charge is 0.204 e. The number of thiocarbonyl (C=S) groups is 1. The second-order valence-corrected chi connectivity index (χ2v) is 1.68. The minimum absolute atomic E-state index is 0.650. The van der Waals surface area contributed by atoms with Crippen molar-refractivity contribution in [2.24, 2.45) is 0 Å². The van der Waals surface area contributed by atoms with Gasteiger partial charge in [0.2, 0.25) is 10.5 Å². The molecule has 0 spiro atoms. The maximum Gasteiger partial charge on any atom is 0.204 e. The molecule has 0 aromatic carbocycles. The van der Waals surface area contributed by atoms with Crippen molar-refractivity contribution in [2.75, 3.05) is 0 Å². The first kappa shape index (κ1) is 5.11. The van der Waals surface area contributed by atoms with Crippen LogP contribution < -0.4 is 0 Å². The zero-order chi connectivity index (χ0) is 4.28. The molecule has 0 saturated heterocycles. The average Bonchev–Trinajstić information content (AvgIpc) is 1.38. The molecule has 1 nitrogen and oxygen atoms in total. The zero-order valence-corrected chi connectivity index (χ0v) is 6.13. The van der Waals surface area contributed by atoms with E-state index in [1.165, 1.54) is 0 Å². The third-order valence-electron chi connectivity index (χ3n) is 0.287. The Morgan fingerprint density at radius 2 is 2.20 bits per heavy atom. The monoisotopic (exact) mass is 106 g/mol. The topological polar surface area (TPSA) is 9.23 Å². The van der Waals surface area contributed by atoms with Gasteiger partial charge in [-0.3, -0.25) is 0 Å². The van der Waals surface area contributed by atoms with E-state index in [0.717, 1.165) is 10.5 Å². The highest BCUT2D eigenvalue weighted by molar-refractivity contribution is 7.80. The van der Waals surface area contributed by atoms with Gasteiger partial charge in [-0.15, -0.1) is 0 Å². The Morgan fingerprint density at radius 1 is 2.00 bits per heavy atom. The summed E-state index contributed by atoms with van der Waals surface area (Å²) in [6.07, 6.45) is 0. The van der Waals surface area contributed by atoms with Gasteiger partial charge in [0, 0.05) is 6.92 Å². The molecule has 0 atom stereocenters. The summed E-state index contributed by atoms with van der Waals surface area (Å²) in [6, 6.07) is 0. The normalized spacial score (nSPS) is 7.40. The van der Waals surface area contributed by atoms with Crippen molar-refractivity contribution in [3.63, 3.8) is 0 Å². The van der Waals surface area contributed by atoms with Crippen LogP contribution in [-0.4, -0.2) is 15.5 Å². The molecule has 0 saturated carbocycles. The first-order valence-electron chi connectivity index (χ1n) is 1.32. The summed E-state index contributed by atoms with van der Waals surface area (Å²) in [5.41, 5.74) is 0. The molecule has 0 aromatic heterocycles. The molecular weight excluding hydrogens is 100 g/mol. The summed E-state index contributed by atoms with van der Waals surface area (Å²) in [7, 11) is 0.732. The zero-order valence-electron chi connectivity index (χ0n) is 3.32. The van der Waals surface area contributed by atoms with E-state index in [0.29, 0.717) is 5.05 Å². The SMILES string of the molecule is CC(=S)O[SiH3]. The van der Waals surface area contributed by atoms with E-state index >= 15 is 0 Å². The molecule has 0 radical (unpaired) electrons. The minimum Gasteiger partial charge on any atom is -0.549 e. The summed E-state index contributed by atoms with van der Waals surface area (Å²) in [5, 5.41) is 0.650. The van der Waals surface area contributed by atoms with Crippen LogP contribution in [0.15, 0.2) is 0 Å². The second-order valence-electron chi connectivity index (χ2n) is 0.696. The Morgan fingerprint density at radius 3 is 2.20 bits per heavy atom. The van der Waals surface area contributed by atoms with Crippen LogP contribution in [0.2, 0.25) is 0 Å². The lowest BCUT2D eigenvalue weighted by Crippen LogP contribution is -1.86. The molecule has 0 heterocycles. The Labute approximate surface area is 39.9 Å². The molecule has 0 aromatic rings. The number of hydrogen-bond donors (Lipinski definition) is 0. The van der Waals surface area contributed by atoms with Gasteiger partial charge in [-0.25, -0.2) is 0 Å². The summed E-state index contributed by atoms with van der Waals surface area (Å²) in [4.78, 5) is 0.